The van der Waals surface area contributed by atoms with Gasteiger partial charge in [-0.2, -0.15) is 0 Å². The number of anilines is 2. The summed E-state index contributed by atoms with van der Waals surface area (Å²) in [6.45, 7) is 3.04. The predicted octanol–water partition coefficient (Wildman–Crippen LogP) is 4.95. The fraction of sp³-hybridized carbons (Fsp3) is 0.286. The van der Waals surface area contributed by atoms with Crippen molar-refractivity contribution < 1.29 is 14.3 Å². The number of amides is 2. The van der Waals surface area contributed by atoms with Gasteiger partial charge in [-0.05, 0) is 73.0 Å². The Kier molecular flexibility index (Phi) is 6.32. The molecule has 1 saturated heterocycles. The molecule has 0 unspecified atom stereocenters. The summed E-state index contributed by atoms with van der Waals surface area (Å²) in [5, 5.41) is 2.99. The topological polar surface area (TPSA) is 61.9 Å². The maximum Gasteiger partial charge on any atom is 0.264 e. The zero-order chi connectivity index (χ0) is 23.5. The van der Waals surface area contributed by atoms with Crippen molar-refractivity contribution in [2.75, 3.05) is 37.0 Å². The van der Waals surface area contributed by atoms with E-state index in [-0.39, 0.29) is 18.4 Å². The van der Waals surface area contributed by atoms with E-state index in [2.05, 4.69) is 28.4 Å². The van der Waals surface area contributed by atoms with Crippen molar-refractivity contribution in [3.05, 3.63) is 77.9 Å². The highest BCUT2D eigenvalue weighted by molar-refractivity contribution is 6.05. The Bertz CT molecular complexity index is 1200. The maximum atomic E-state index is 13.2. The van der Waals surface area contributed by atoms with E-state index in [0.29, 0.717) is 22.7 Å². The number of ether oxygens (including phenoxy) is 1. The summed E-state index contributed by atoms with van der Waals surface area (Å²) in [6, 6.07) is 21.6. The van der Waals surface area contributed by atoms with Gasteiger partial charge >= 0.3 is 0 Å². The first-order valence-electron chi connectivity index (χ1n) is 11.8. The van der Waals surface area contributed by atoms with Crippen LogP contribution in [0.15, 0.2) is 66.7 Å². The average Bonchev–Trinajstić information content (AvgIpc) is 2.87. The van der Waals surface area contributed by atoms with E-state index >= 15 is 0 Å². The molecular formula is C28H29N3O3. The van der Waals surface area contributed by atoms with E-state index in [1.54, 1.807) is 30.1 Å². The Hall–Kier alpha value is -3.64. The molecule has 174 valence electrons. The molecule has 34 heavy (non-hydrogen) atoms. The number of hydrogen-bond acceptors (Lipinski definition) is 4. The summed E-state index contributed by atoms with van der Waals surface area (Å²) in [6.07, 6.45) is 3.73. The van der Waals surface area contributed by atoms with E-state index in [0.717, 1.165) is 36.3 Å². The van der Waals surface area contributed by atoms with Gasteiger partial charge in [0.25, 0.3) is 11.8 Å². The lowest BCUT2D eigenvalue weighted by atomic mass is 9.96. The Morgan fingerprint density at radius 3 is 2.56 bits per heavy atom. The second-order valence-electron chi connectivity index (χ2n) is 8.95. The van der Waals surface area contributed by atoms with E-state index in [1.807, 2.05) is 30.3 Å². The third kappa shape index (κ3) is 4.68. The number of nitrogens with zero attached hydrogens (tertiary/aromatic N) is 2. The molecule has 0 spiro atoms. The van der Waals surface area contributed by atoms with Gasteiger partial charge in [-0.15, -0.1) is 0 Å². The molecule has 0 saturated carbocycles. The number of benzene rings is 3. The highest BCUT2D eigenvalue weighted by Crippen LogP contribution is 2.34. The highest BCUT2D eigenvalue weighted by atomic mass is 16.5. The molecule has 3 aromatic rings. The van der Waals surface area contributed by atoms with Crippen LogP contribution in [-0.4, -0.2) is 43.5 Å². The van der Waals surface area contributed by atoms with Crippen LogP contribution in [0.3, 0.4) is 0 Å². The maximum absolute atomic E-state index is 13.2. The van der Waals surface area contributed by atoms with E-state index in [4.69, 9.17) is 4.74 Å². The Morgan fingerprint density at radius 2 is 1.76 bits per heavy atom. The van der Waals surface area contributed by atoms with Gasteiger partial charge in [-0.25, -0.2) is 0 Å². The number of fused-ring (bicyclic) bond motifs is 1. The molecule has 0 aromatic heterocycles. The second kappa shape index (κ2) is 9.69. The summed E-state index contributed by atoms with van der Waals surface area (Å²) in [4.78, 5) is 29.2. The minimum atomic E-state index is -0.176. The monoisotopic (exact) mass is 455 g/mol. The van der Waals surface area contributed by atoms with Gasteiger partial charge in [0.1, 0.15) is 5.75 Å². The standard InChI is InChI=1S/C28H29N3O3/c1-30-25-17-23(11-13-26(25)34-19-27(30)32)29-28(33)21-10-12-24(20-8-4-2-5-9-20)22(16-21)18-31-14-6-3-7-15-31/h2,4-5,8-13,16-17H,3,6-7,14-15,18-19H2,1H3,(H,29,33). The molecule has 0 radical (unpaired) electrons. The summed E-state index contributed by atoms with van der Waals surface area (Å²) < 4.78 is 5.49. The van der Waals surface area contributed by atoms with Crippen LogP contribution in [0.25, 0.3) is 11.1 Å². The third-order valence-corrected chi connectivity index (χ3v) is 6.60. The molecule has 2 aliphatic heterocycles. The largest absolute Gasteiger partial charge is 0.482 e. The molecule has 3 aromatic carbocycles. The van der Waals surface area contributed by atoms with Crippen LogP contribution >= 0.6 is 0 Å². The van der Waals surface area contributed by atoms with Crippen molar-refractivity contribution in [2.45, 2.75) is 25.8 Å². The number of likely N-dealkylation sites (N-methyl/N-ethyl adjacent to an activating group) is 1. The van der Waals surface area contributed by atoms with Crippen LogP contribution in [0, 0.1) is 0 Å². The number of piperidine rings is 1. The molecule has 2 aliphatic rings. The zero-order valence-corrected chi connectivity index (χ0v) is 19.4. The summed E-state index contributed by atoms with van der Waals surface area (Å²) >= 11 is 0. The summed E-state index contributed by atoms with van der Waals surface area (Å²) in [5.41, 5.74) is 5.37. The van der Waals surface area contributed by atoms with Crippen molar-refractivity contribution >= 4 is 23.2 Å². The van der Waals surface area contributed by atoms with Crippen LogP contribution in [0.4, 0.5) is 11.4 Å². The summed E-state index contributed by atoms with van der Waals surface area (Å²) in [5.74, 6) is 0.344. The van der Waals surface area contributed by atoms with Crippen LogP contribution < -0.4 is 15.0 Å². The number of hydrogen-bond donors (Lipinski definition) is 1. The SMILES string of the molecule is CN1C(=O)COc2ccc(NC(=O)c3ccc(-c4ccccc4)c(CN4CCCCC4)c3)cc21. The van der Waals surface area contributed by atoms with Gasteiger partial charge < -0.3 is 15.0 Å². The lowest BCUT2D eigenvalue weighted by Gasteiger charge is -2.27. The van der Waals surface area contributed by atoms with Crippen molar-refractivity contribution in [3.8, 4) is 16.9 Å². The van der Waals surface area contributed by atoms with Gasteiger partial charge in [-0.1, -0.05) is 42.8 Å². The molecule has 0 bridgehead atoms. The molecule has 1 N–H and O–H groups in total. The molecule has 5 rings (SSSR count). The van der Waals surface area contributed by atoms with Crippen molar-refractivity contribution in [1.82, 2.24) is 4.90 Å². The minimum Gasteiger partial charge on any atom is -0.482 e. The molecule has 0 atom stereocenters. The molecule has 1 fully saturated rings. The molecule has 0 aliphatic carbocycles. The lowest BCUT2D eigenvalue weighted by Crippen LogP contribution is -2.35. The fourth-order valence-corrected chi connectivity index (χ4v) is 4.68. The quantitative estimate of drug-likeness (QED) is 0.592. The smallest absolute Gasteiger partial charge is 0.264 e. The lowest BCUT2D eigenvalue weighted by molar-refractivity contribution is -0.120. The number of nitrogens with one attached hydrogen (secondary N) is 1. The van der Waals surface area contributed by atoms with E-state index in [1.165, 1.54) is 19.3 Å². The van der Waals surface area contributed by atoms with Crippen molar-refractivity contribution in [2.24, 2.45) is 0 Å². The van der Waals surface area contributed by atoms with Crippen LogP contribution in [0.5, 0.6) is 5.75 Å². The molecule has 2 amide bonds. The minimum absolute atomic E-state index is 0.0305. The normalized spacial score (nSPS) is 16.0. The highest BCUT2D eigenvalue weighted by Gasteiger charge is 2.23. The van der Waals surface area contributed by atoms with Gasteiger partial charge in [0, 0.05) is 24.8 Å². The summed E-state index contributed by atoms with van der Waals surface area (Å²) in [7, 11) is 1.71. The molecule has 6 heteroatoms. The van der Waals surface area contributed by atoms with Crippen molar-refractivity contribution in [3.63, 3.8) is 0 Å². The third-order valence-electron chi connectivity index (χ3n) is 6.60. The predicted molar refractivity (Wildman–Crippen MR) is 134 cm³/mol. The molecule has 6 nitrogen and oxygen atoms in total. The second-order valence-corrected chi connectivity index (χ2v) is 8.95. The fourth-order valence-electron chi connectivity index (χ4n) is 4.68. The van der Waals surface area contributed by atoms with Crippen LogP contribution in [0.1, 0.15) is 35.2 Å². The number of carbonyl (C=O) groups is 2. The first kappa shape index (κ1) is 22.2. The number of carbonyl (C=O) groups excluding carboxylic acids is 2. The zero-order valence-electron chi connectivity index (χ0n) is 19.4. The average molecular weight is 456 g/mol. The van der Waals surface area contributed by atoms with E-state index < -0.39 is 0 Å². The molecular weight excluding hydrogens is 426 g/mol. The first-order valence-corrected chi connectivity index (χ1v) is 11.8. The number of likely N-dealkylation sites (tertiary alicyclic amines) is 1. The Labute approximate surface area is 200 Å². The Balaban J connectivity index is 1.41. The van der Waals surface area contributed by atoms with Crippen molar-refractivity contribution in [1.29, 1.82) is 0 Å². The number of rotatable bonds is 5. The van der Waals surface area contributed by atoms with Gasteiger partial charge in [0.05, 0.1) is 5.69 Å². The van der Waals surface area contributed by atoms with Crippen LogP contribution in [-0.2, 0) is 11.3 Å². The van der Waals surface area contributed by atoms with Gasteiger partial charge in [0.2, 0.25) is 0 Å². The van der Waals surface area contributed by atoms with Gasteiger partial charge in [0.15, 0.2) is 6.61 Å². The molecule has 2 heterocycles. The van der Waals surface area contributed by atoms with Crippen LogP contribution in [0.2, 0.25) is 0 Å². The Morgan fingerprint density at radius 1 is 0.971 bits per heavy atom. The first-order chi connectivity index (χ1) is 16.6. The van der Waals surface area contributed by atoms with E-state index in [9.17, 15) is 9.59 Å². The van der Waals surface area contributed by atoms with Gasteiger partial charge in [-0.3, -0.25) is 14.5 Å².